The van der Waals surface area contributed by atoms with E-state index in [1.54, 1.807) is 24.4 Å². The molecule has 0 unspecified atom stereocenters. The first-order chi connectivity index (χ1) is 19.4. The number of ether oxygens (including phenoxy) is 1. The molecule has 2 aromatic heterocycles. The first-order valence-corrected chi connectivity index (χ1v) is 13.8. The van der Waals surface area contributed by atoms with Crippen LogP contribution < -0.4 is 4.74 Å². The number of carbonyl (C=O) groups is 1. The van der Waals surface area contributed by atoms with Gasteiger partial charge in [0.2, 0.25) is 11.7 Å². The quantitative estimate of drug-likeness (QED) is 0.197. The van der Waals surface area contributed by atoms with E-state index in [1.165, 1.54) is 35.9 Å². The van der Waals surface area contributed by atoms with Crippen molar-refractivity contribution in [2.24, 2.45) is 0 Å². The summed E-state index contributed by atoms with van der Waals surface area (Å²) in [6.07, 6.45) is -2.91. The Labute approximate surface area is 242 Å². The second kappa shape index (κ2) is 11.0. The van der Waals surface area contributed by atoms with E-state index in [2.05, 4.69) is 15.2 Å². The average Bonchev–Trinajstić information content (AvgIpc) is 3.57. The molecule has 0 N–H and O–H groups in total. The molecule has 0 bridgehead atoms. The summed E-state index contributed by atoms with van der Waals surface area (Å²) in [4.78, 5) is 19.2. The van der Waals surface area contributed by atoms with Gasteiger partial charge in [-0.25, -0.2) is 9.37 Å². The van der Waals surface area contributed by atoms with E-state index in [1.807, 2.05) is 30.5 Å². The molecule has 8 nitrogen and oxygen atoms in total. The van der Waals surface area contributed by atoms with Crippen LogP contribution >= 0.6 is 23.4 Å². The minimum absolute atomic E-state index is 0.0207. The smallest absolute Gasteiger partial charge is 0.451 e. The van der Waals surface area contributed by atoms with Crippen LogP contribution in [0.5, 0.6) is 5.75 Å². The number of thioether (sulfide) groups is 1. The van der Waals surface area contributed by atoms with Gasteiger partial charge >= 0.3 is 6.18 Å². The molecule has 3 heterocycles. The predicted octanol–water partition coefficient (Wildman–Crippen LogP) is 5.74. The first kappa shape index (κ1) is 28.9. The predicted molar refractivity (Wildman–Crippen MR) is 145 cm³/mol. The summed E-state index contributed by atoms with van der Waals surface area (Å²) in [5.41, 5.74) is 1.70. The van der Waals surface area contributed by atoms with Gasteiger partial charge in [0, 0.05) is 24.2 Å². The molecule has 0 saturated carbocycles. The summed E-state index contributed by atoms with van der Waals surface area (Å²) in [5, 5.41) is 7.87. The Hall–Kier alpha value is -3.58. The zero-order valence-corrected chi connectivity index (χ0v) is 23.8. The lowest BCUT2D eigenvalue weighted by Gasteiger charge is -2.29. The number of nitrogens with zero attached hydrogens (tertiary/aromatic N) is 6. The van der Waals surface area contributed by atoms with Gasteiger partial charge in [-0.3, -0.25) is 9.36 Å². The number of imidazole rings is 1. The fraction of sp³-hybridized carbons (Fsp3) is 0.333. The third-order valence-electron chi connectivity index (χ3n) is 7.01. The summed E-state index contributed by atoms with van der Waals surface area (Å²) in [6.45, 7) is 3.97. The fourth-order valence-corrected chi connectivity index (χ4v) is 5.80. The molecule has 0 radical (unpaired) electrons. The molecule has 0 atom stereocenters. The van der Waals surface area contributed by atoms with Gasteiger partial charge in [-0.1, -0.05) is 43.3 Å². The normalized spacial score (nSPS) is 13.8. The highest BCUT2D eigenvalue weighted by molar-refractivity contribution is 7.99. The Morgan fingerprint density at radius 3 is 2.51 bits per heavy atom. The molecule has 41 heavy (non-hydrogen) atoms. The number of amides is 1. The van der Waals surface area contributed by atoms with Crippen LogP contribution in [0.4, 0.5) is 17.6 Å². The molecule has 14 heteroatoms. The Bertz CT molecular complexity index is 1590. The number of hydrogen-bond acceptors (Lipinski definition) is 6. The molecule has 0 saturated heterocycles. The third-order valence-corrected chi connectivity index (χ3v) is 8.26. The number of methoxy groups -OCH3 is 1. The number of alkyl halides is 3. The van der Waals surface area contributed by atoms with Crippen LogP contribution in [-0.4, -0.2) is 54.5 Å². The number of halogens is 5. The van der Waals surface area contributed by atoms with Crippen molar-refractivity contribution in [2.75, 3.05) is 19.4 Å². The lowest BCUT2D eigenvalue weighted by atomic mass is 9.81. The Morgan fingerprint density at radius 2 is 1.83 bits per heavy atom. The van der Waals surface area contributed by atoms with Gasteiger partial charge in [-0.15, -0.1) is 10.2 Å². The molecule has 1 aliphatic rings. The molecule has 0 spiro atoms. The maximum Gasteiger partial charge on any atom is 0.451 e. The summed E-state index contributed by atoms with van der Waals surface area (Å²) in [5.74, 6) is -1.17. The van der Waals surface area contributed by atoms with Gasteiger partial charge in [0.05, 0.1) is 36.3 Å². The van der Waals surface area contributed by atoms with E-state index in [9.17, 15) is 22.4 Å². The first-order valence-electron chi connectivity index (χ1n) is 12.5. The zero-order valence-electron chi connectivity index (χ0n) is 22.2. The molecule has 4 aromatic rings. The summed E-state index contributed by atoms with van der Waals surface area (Å²) in [6, 6.07) is 11.4. The van der Waals surface area contributed by atoms with Crippen molar-refractivity contribution in [3.05, 3.63) is 82.4 Å². The summed E-state index contributed by atoms with van der Waals surface area (Å²) >= 11 is 7.43. The van der Waals surface area contributed by atoms with Gasteiger partial charge < -0.3 is 14.2 Å². The minimum atomic E-state index is -4.62. The summed E-state index contributed by atoms with van der Waals surface area (Å²) < 4.78 is 61.6. The zero-order chi connectivity index (χ0) is 29.5. The third kappa shape index (κ3) is 5.65. The van der Waals surface area contributed by atoms with Crippen LogP contribution in [0, 0.1) is 5.82 Å². The van der Waals surface area contributed by atoms with Gasteiger partial charge in [0.15, 0.2) is 11.0 Å². The Morgan fingerprint density at radius 1 is 1.10 bits per heavy atom. The van der Waals surface area contributed by atoms with Crippen LogP contribution in [0.15, 0.2) is 53.8 Å². The van der Waals surface area contributed by atoms with Crippen LogP contribution in [0.25, 0.3) is 5.69 Å². The Kier molecular flexibility index (Phi) is 7.77. The highest BCUT2D eigenvalue weighted by Gasteiger charge is 2.40. The summed E-state index contributed by atoms with van der Waals surface area (Å²) in [7, 11) is 1.54. The highest BCUT2D eigenvalue weighted by atomic mass is 35.5. The second-order valence-corrected chi connectivity index (χ2v) is 11.3. The topological polar surface area (TPSA) is 78.1 Å². The molecule has 216 valence electrons. The van der Waals surface area contributed by atoms with Gasteiger partial charge in [0.25, 0.3) is 0 Å². The lowest BCUT2D eigenvalue weighted by Crippen LogP contribution is -2.40. The number of carbonyl (C=O) groups excluding carboxylic acids is 1. The van der Waals surface area contributed by atoms with E-state index in [4.69, 9.17) is 16.3 Å². The van der Waals surface area contributed by atoms with Crippen molar-refractivity contribution < 1.29 is 27.1 Å². The van der Waals surface area contributed by atoms with Crippen molar-refractivity contribution in [2.45, 2.75) is 43.7 Å². The minimum Gasteiger partial charge on any atom is -0.495 e. The van der Waals surface area contributed by atoms with Gasteiger partial charge in [0.1, 0.15) is 11.6 Å². The fourth-order valence-electron chi connectivity index (χ4n) is 4.71. The maximum atomic E-state index is 13.8. The van der Waals surface area contributed by atoms with Gasteiger partial charge in [-0.2, -0.15) is 13.2 Å². The van der Waals surface area contributed by atoms with Crippen molar-refractivity contribution in [1.29, 1.82) is 0 Å². The SMILES string of the molecule is COc1cc(C(C)(C)c2cnc(SCC(=O)N3CCn4c(nnc4C(F)(F)F)C3)n2-c2ccc(F)cc2)ccc1Cl. The van der Waals surface area contributed by atoms with E-state index < -0.39 is 23.2 Å². The highest BCUT2D eigenvalue weighted by Crippen LogP contribution is 2.39. The van der Waals surface area contributed by atoms with Crippen molar-refractivity contribution in [3.63, 3.8) is 0 Å². The van der Waals surface area contributed by atoms with Crippen molar-refractivity contribution in [1.82, 2.24) is 29.2 Å². The average molecular weight is 609 g/mol. The monoisotopic (exact) mass is 608 g/mol. The number of fused-ring (bicyclic) bond motifs is 1. The van der Waals surface area contributed by atoms with E-state index in [0.29, 0.717) is 21.6 Å². The standard InChI is InChI=1S/C27H25ClF4N6O2S/c1-26(2,16-4-9-19(28)20(12-16)40-3)21-13-33-25(38(21)18-7-5-17(29)6-8-18)41-15-23(39)36-10-11-37-22(14-36)34-35-24(37)27(30,31)32/h4-9,12-13H,10-11,14-15H2,1-3H3. The lowest BCUT2D eigenvalue weighted by molar-refractivity contribution is -0.148. The van der Waals surface area contributed by atoms with E-state index in [0.717, 1.165) is 15.8 Å². The van der Waals surface area contributed by atoms with Crippen LogP contribution in [0.2, 0.25) is 5.02 Å². The largest absolute Gasteiger partial charge is 0.495 e. The molecule has 5 rings (SSSR count). The van der Waals surface area contributed by atoms with E-state index >= 15 is 0 Å². The maximum absolute atomic E-state index is 13.8. The van der Waals surface area contributed by atoms with Crippen molar-refractivity contribution in [3.8, 4) is 11.4 Å². The molecule has 1 amide bonds. The molecule has 0 aliphatic carbocycles. The number of hydrogen-bond donors (Lipinski definition) is 0. The molecule has 1 aliphatic heterocycles. The molecule has 0 fully saturated rings. The van der Waals surface area contributed by atoms with Crippen LogP contribution in [0.1, 0.15) is 36.8 Å². The Balaban J connectivity index is 1.41. The van der Waals surface area contributed by atoms with Crippen molar-refractivity contribution >= 4 is 29.3 Å². The van der Waals surface area contributed by atoms with E-state index in [-0.39, 0.29) is 37.1 Å². The van der Waals surface area contributed by atoms with Gasteiger partial charge in [-0.05, 0) is 42.0 Å². The van der Waals surface area contributed by atoms with Crippen LogP contribution in [0.3, 0.4) is 0 Å². The van der Waals surface area contributed by atoms with Crippen LogP contribution in [-0.2, 0) is 29.5 Å². The molecule has 2 aromatic carbocycles. The number of rotatable bonds is 7. The number of benzene rings is 2. The number of aromatic nitrogens is 5. The molecular formula is C27H25ClF4N6O2S. The molecular weight excluding hydrogens is 584 g/mol. The second-order valence-electron chi connectivity index (χ2n) is 9.91.